The van der Waals surface area contributed by atoms with E-state index in [2.05, 4.69) is 5.32 Å². The number of fused-ring (bicyclic) bond motifs is 2. The zero-order chi connectivity index (χ0) is 24.6. The smallest absolute Gasteiger partial charge is 0.263 e. The van der Waals surface area contributed by atoms with E-state index >= 15 is 0 Å². The van der Waals surface area contributed by atoms with E-state index in [4.69, 9.17) is 33.7 Å². The van der Waals surface area contributed by atoms with Crippen molar-refractivity contribution in [2.45, 2.75) is 63.3 Å². The minimum atomic E-state index is -1.15. The fraction of sp³-hybridized carbons (Fsp3) is 0.400. The van der Waals surface area contributed by atoms with Crippen LogP contribution in [0.4, 0.5) is 0 Å². The number of hydrogen-bond donors (Lipinski definition) is 2. The Morgan fingerprint density at radius 3 is 2.29 bits per heavy atom. The van der Waals surface area contributed by atoms with E-state index in [-0.39, 0.29) is 29.9 Å². The van der Waals surface area contributed by atoms with Crippen molar-refractivity contribution in [2.75, 3.05) is 0 Å². The molecule has 2 fully saturated rings. The van der Waals surface area contributed by atoms with E-state index in [0.717, 1.165) is 12.8 Å². The predicted octanol–water partition coefficient (Wildman–Crippen LogP) is 4.20. The number of benzene rings is 2. The summed E-state index contributed by atoms with van der Waals surface area (Å²) in [4.78, 5) is 39.7. The molecule has 0 radical (unpaired) electrons. The van der Waals surface area contributed by atoms with E-state index in [1.165, 1.54) is 0 Å². The van der Waals surface area contributed by atoms with Gasteiger partial charge in [-0.05, 0) is 75.9 Å². The van der Waals surface area contributed by atoms with Crippen LogP contribution in [-0.4, -0.2) is 46.3 Å². The molecule has 3 amide bonds. The van der Waals surface area contributed by atoms with Gasteiger partial charge in [-0.1, -0.05) is 29.3 Å². The number of primary amides is 1. The van der Waals surface area contributed by atoms with E-state index < -0.39 is 11.5 Å². The zero-order valence-corrected chi connectivity index (χ0v) is 20.5. The first-order valence-corrected chi connectivity index (χ1v) is 12.0. The number of amides is 3. The summed E-state index contributed by atoms with van der Waals surface area (Å²) in [6, 6.07) is 11.3. The molecular weight excluding hydrogens is 477 g/mol. The molecule has 2 heterocycles. The lowest BCUT2D eigenvalue weighted by atomic mass is 9.95. The largest absolute Gasteiger partial charge is 0.476 e. The van der Waals surface area contributed by atoms with Gasteiger partial charge in [0.2, 0.25) is 5.91 Å². The minimum absolute atomic E-state index is 0.0172. The van der Waals surface area contributed by atoms with Crippen LogP contribution < -0.4 is 15.8 Å². The van der Waals surface area contributed by atoms with Crippen molar-refractivity contribution < 1.29 is 19.1 Å². The van der Waals surface area contributed by atoms with Crippen LogP contribution >= 0.6 is 23.2 Å². The van der Waals surface area contributed by atoms with Crippen molar-refractivity contribution in [3.8, 4) is 5.75 Å². The van der Waals surface area contributed by atoms with Crippen LogP contribution in [0.25, 0.3) is 0 Å². The lowest BCUT2D eigenvalue weighted by molar-refractivity contribution is -0.135. The average molecular weight is 504 g/mol. The number of nitrogens with one attached hydrogen (secondary N) is 1. The monoisotopic (exact) mass is 503 g/mol. The summed E-state index contributed by atoms with van der Waals surface area (Å²) in [5, 5.41) is 3.92. The van der Waals surface area contributed by atoms with Gasteiger partial charge in [0.05, 0.1) is 5.02 Å². The number of rotatable bonds is 6. The van der Waals surface area contributed by atoms with E-state index in [0.29, 0.717) is 39.8 Å². The molecule has 0 saturated carbocycles. The fourth-order valence-electron chi connectivity index (χ4n) is 4.82. The quantitative estimate of drug-likeness (QED) is 0.616. The highest BCUT2D eigenvalue weighted by atomic mass is 35.5. The first-order valence-electron chi connectivity index (χ1n) is 11.2. The molecule has 0 aromatic heterocycles. The van der Waals surface area contributed by atoms with Crippen molar-refractivity contribution in [1.29, 1.82) is 0 Å². The van der Waals surface area contributed by atoms with Gasteiger partial charge >= 0.3 is 0 Å². The van der Waals surface area contributed by atoms with Crippen molar-refractivity contribution in [2.24, 2.45) is 5.73 Å². The first-order chi connectivity index (χ1) is 16.0. The Kier molecular flexibility index (Phi) is 6.78. The molecule has 9 heteroatoms. The van der Waals surface area contributed by atoms with E-state index in [9.17, 15) is 14.4 Å². The van der Waals surface area contributed by atoms with Crippen LogP contribution in [0.1, 0.15) is 60.2 Å². The topological polar surface area (TPSA) is 102 Å². The lowest BCUT2D eigenvalue weighted by Gasteiger charge is -2.40. The normalized spacial score (nSPS) is 21.8. The Hall–Kier alpha value is -2.77. The third-order valence-electron chi connectivity index (χ3n) is 6.50. The fourth-order valence-corrected chi connectivity index (χ4v) is 5.27. The minimum Gasteiger partial charge on any atom is -0.476 e. The summed E-state index contributed by atoms with van der Waals surface area (Å²) >= 11 is 12.1. The highest BCUT2D eigenvalue weighted by Crippen LogP contribution is 2.37. The molecule has 7 nitrogen and oxygen atoms in total. The lowest BCUT2D eigenvalue weighted by Crippen LogP contribution is -2.56. The second kappa shape index (κ2) is 9.47. The summed E-state index contributed by atoms with van der Waals surface area (Å²) in [5.41, 5.74) is 4.97. The Morgan fingerprint density at radius 1 is 1.03 bits per heavy atom. The first kappa shape index (κ1) is 24.4. The average Bonchev–Trinajstić information content (AvgIpc) is 3.05. The van der Waals surface area contributed by atoms with Crippen LogP contribution in [0, 0.1) is 0 Å². The number of piperidine rings is 1. The molecule has 4 rings (SSSR count). The molecule has 0 spiro atoms. The number of carbonyl (C=O) groups excluding carboxylic acids is 3. The summed E-state index contributed by atoms with van der Waals surface area (Å²) in [6.07, 6.45) is 3.06. The Labute approximate surface area is 208 Å². The molecule has 180 valence electrons. The van der Waals surface area contributed by atoms with Gasteiger partial charge in [-0.2, -0.15) is 0 Å². The van der Waals surface area contributed by atoms with Gasteiger partial charge in [-0.15, -0.1) is 0 Å². The van der Waals surface area contributed by atoms with Crippen LogP contribution in [0.15, 0.2) is 42.5 Å². The van der Waals surface area contributed by atoms with Crippen molar-refractivity contribution >= 4 is 40.9 Å². The maximum Gasteiger partial charge on any atom is 0.263 e. The SMILES string of the molecule is CC(C)(Oc1ccc(Cl)cc1Cl)C(=O)NC1C[C@H]2CC[C@@H](C1)N2C(=O)c1cccc(C(N)=O)c1. The Balaban J connectivity index is 1.41. The molecular formula is C25H27Cl2N3O4. The Bertz CT molecular complexity index is 1120. The van der Waals surface area contributed by atoms with Crippen LogP contribution in [0.3, 0.4) is 0 Å². The molecule has 0 aliphatic carbocycles. The van der Waals surface area contributed by atoms with Crippen LogP contribution in [-0.2, 0) is 4.79 Å². The highest BCUT2D eigenvalue weighted by molar-refractivity contribution is 6.35. The van der Waals surface area contributed by atoms with Gasteiger partial charge in [-0.3, -0.25) is 14.4 Å². The number of ether oxygens (including phenoxy) is 1. The number of nitrogens with zero attached hydrogens (tertiary/aromatic N) is 1. The molecule has 2 aromatic rings. The van der Waals surface area contributed by atoms with Crippen molar-refractivity contribution in [1.82, 2.24) is 10.2 Å². The van der Waals surface area contributed by atoms with Crippen molar-refractivity contribution in [3.05, 3.63) is 63.6 Å². The van der Waals surface area contributed by atoms with Crippen LogP contribution in [0.5, 0.6) is 5.75 Å². The third-order valence-corrected chi connectivity index (χ3v) is 7.03. The molecule has 3 atom stereocenters. The summed E-state index contributed by atoms with van der Waals surface area (Å²) < 4.78 is 5.90. The zero-order valence-electron chi connectivity index (χ0n) is 19.0. The number of nitrogens with two attached hydrogens (primary N) is 1. The maximum absolute atomic E-state index is 13.2. The third kappa shape index (κ3) is 5.00. The maximum atomic E-state index is 13.2. The molecule has 1 unspecified atom stereocenters. The second-order valence-electron chi connectivity index (χ2n) is 9.37. The molecule has 2 aliphatic heterocycles. The summed E-state index contributed by atoms with van der Waals surface area (Å²) in [5.74, 6) is -0.549. The predicted molar refractivity (Wildman–Crippen MR) is 130 cm³/mol. The highest BCUT2D eigenvalue weighted by Gasteiger charge is 2.45. The van der Waals surface area contributed by atoms with E-state index in [1.54, 1.807) is 56.3 Å². The van der Waals surface area contributed by atoms with Gasteiger partial charge < -0.3 is 20.7 Å². The van der Waals surface area contributed by atoms with Gasteiger partial charge in [0, 0.05) is 34.3 Å². The summed E-state index contributed by atoms with van der Waals surface area (Å²) in [6.45, 7) is 3.37. The Morgan fingerprint density at radius 2 is 1.68 bits per heavy atom. The molecule has 2 aromatic carbocycles. The summed E-state index contributed by atoms with van der Waals surface area (Å²) in [7, 11) is 0. The van der Waals surface area contributed by atoms with E-state index in [1.807, 2.05) is 4.90 Å². The van der Waals surface area contributed by atoms with Gasteiger partial charge in [-0.25, -0.2) is 0 Å². The number of halogens is 2. The van der Waals surface area contributed by atoms with Crippen molar-refractivity contribution in [3.63, 3.8) is 0 Å². The van der Waals surface area contributed by atoms with Crippen LogP contribution in [0.2, 0.25) is 10.0 Å². The molecule has 2 bridgehead atoms. The van der Waals surface area contributed by atoms with Gasteiger partial charge in [0.25, 0.3) is 11.8 Å². The molecule has 2 saturated heterocycles. The number of carbonyl (C=O) groups is 3. The van der Waals surface area contributed by atoms with Gasteiger partial charge in [0.1, 0.15) is 5.75 Å². The standard InChI is InChI=1S/C25H27Cl2N3O4/c1-25(2,34-21-9-6-16(26)11-20(21)27)24(33)29-17-12-18-7-8-19(13-17)30(18)23(32)15-5-3-4-14(10-15)22(28)31/h3-6,9-11,17-19H,7-8,12-13H2,1-2H3,(H2,28,31)(H,29,33)/t17?,18-,19+. The molecule has 34 heavy (non-hydrogen) atoms. The molecule has 2 aliphatic rings. The molecule has 3 N–H and O–H groups in total. The second-order valence-corrected chi connectivity index (χ2v) is 10.2. The van der Waals surface area contributed by atoms with Gasteiger partial charge in [0.15, 0.2) is 5.60 Å². The number of hydrogen-bond acceptors (Lipinski definition) is 4.